The molecule has 1 aromatic heterocycles. The highest BCUT2D eigenvalue weighted by atomic mass is 16.7. The molecule has 0 bridgehead atoms. The molecular formula is C13H11N3O4. The van der Waals surface area contributed by atoms with Crippen LogP contribution in [0.5, 0.6) is 0 Å². The molecule has 1 aliphatic rings. The van der Waals surface area contributed by atoms with Crippen LogP contribution in [0, 0.1) is 0 Å². The van der Waals surface area contributed by atoms with Crippen molar-refractivity contribution in [1.82, 2.24) is 10.2 Å². The van der Waals surface area contributed by atoms with Crippen LogP contribution in [0.3, 0.4) is 0 Å². The van der Waals surface area contributed by atoms with Gasteiger partial charge in [-0.25, -0.2) is 4.79 Å². The summed E-state index contributed by atoms with van der Waals surface area (Å²) in [5.74, 6) is -1.17. The van der Waals surface area contributed by atoms with Crippen molar-refractivity contribution in [2.45, 2.75) is 6.42 Å². The molecule has 2 heterocycles. The van der Waals surface area contributed by atoms with Crippen molar-refractivity contribution in [3.8, 4) is 11.3 Å². The fourth-order valence-corrected chi connectivity index (χ4v) is 1.99. The Hall–Kier alpha value is -2.67. The van der Waals surface area contributed by atoms with Crippen LogP contribution < -0.4 is 5.06 Å². The van der Waals surface area contributed by atoms with Crippen molar-refractivity contribution in [3.05, 3.63) is 36.0 Å². The second-order valence-corrected chi connectivity index (χ2v) is 4.29. The van der Waals surface area contributed by atoms with Crippen LogP contribution in [0.25, 0.3) is 11.3 Å². The number of nitrogens with one attached hydrogen (secondary N) is 1. The minimum Gasteiger partial charge on any atom is -0.477 e. The Bertz CT molecular complexity index is 680. The molecule has 20 heavy (non-hydrogen) atoms. The molecule has 2 N–H and O–H groups in total. The largest absolute Gasteiger partial charge is 0.477 e. The summed E-state index contributed by atoms with van der Waals surface area (Å²) in [5, 5.41) is 16.5. The van der Waals surface area contributed by atoms with E-state index in [0.29, 0.717) is 30.0 Å². The van der Waals surface area contributed by atoms with Crippen molar-refractivity contribution in [1.29, 1.82) is 0 Å². The van der Waals surface area contributed by atoms with Gasteiger partial charge in [0.25, 0.3) is 5.91 Å². The first-order valence-electron chi connectivity index (χ1n) is 6.00. The number of amides is 1. The van der Waals surface area contributed by atoms with Gasteiger partial charge in [-0.1, -0.05) is 12.1 Å². The lowest BCUT2D eigenvalue weighted by Crippen LogP contribution is -2.22. The molecule has 102 valence electrons. The number of carboxylic acid groups (broad SMARTS) is 1. The van der Waals surface area contributed by atoms with Gasteiger partial charge < -0.3 is 5.11 Å². The summed E-state index contributed by atoms with van der Waals surface area (Å²) in [4.78, 5) is 27.7. The van der Waals surface area contributed by atoms with Gasteiger partial charge in [0.15, 0.2) is 0 Å². The molecular weight excluding hydrogens is 262 g/mol. The van der Waals surface area contributed by atoms with E-state index in [1.165, 1.54) is 11.1 Å². The zero-order valence-electron chi connectivity index (χ0n) is 10.4. The first-order valence-corrected chi connectivity index (χ1v) is 6.00. The van der Waals surface area contributed by atoms with E-state index in [0.717, 1.165) is 0 Å². The molecule has 7 heteroatoms. The number of benzene rings is 1. The summed E-state index contributed by atoms with van der Waals surface area (Å²) < 4.78 is 0. The van der Waals surface area contributed by atoms with Crippen molar-refractivity contribution >= 4 is 17.6 Å². The molecule has 1 aliphatic heterocycles. The summed E-state index contributed by atoms with van der Waals surface area (Å²) >= 11 is 0. The number of H-pyrrole nitrogens is 1. The van der Waals surface area contributed by atoms with E-state index in [2.05, 4.69) is 10.2 Å². The minimum absolute atomic E-state index is 0.0129. The molecule has 2 aromatic rings. The zero-order valence-corrected chi connectivity index (χ0v) is 10.4. The lowest BCUT2D eigenvalue weighted by molar-refractivity contribution is -0.119. The lowest BCUT2D eigenvalue weighted by atomic mass is 10.1. The molecule has 1 fully saturated rings. The Kier molecular flexibility index (Phi) is 2.96. The fourth-order valence-electron chi connectivity index (χ4n) is 1.99. The van der Waals surface area contributed by atoms with E-state index in [-0.39, 0.29) is 11.6 Å². The number of aromatic carboxylic acids is 1. The van der Waals surface area contributed by atoms with E-state index in [1.807, 2.05) is 0 Å². The quantitative estimate of drug-likeness (QED) is 0.882. The van der Waals surface area contributed by atoms with E-state index in [9.17, 15) is 9.59 Å². The monoisotopic (exact) mass is 273 g/mol. The first-order chi connectivity index (χ1) is 9.65. The summed E-state index contributed by atoms with van der Waals surface area (Å²) in [6.45, 7) is 0.370. The van der Waals surface area contributed by atoms with Gasteiger partial charge in [0.05, 0.1) is 24.4 Å². The van der Waals surface area contributed by atoms with E-state index in [1.54, 1.807) is 24.3 Å². The van der Waals surface area contributed by atoms with Crippen LogP contribution in [0.2, 0.25) is 0 Å². The third-order valence-electron chi connectivity index (χ3n) is 2.95. The Balaban J connectivity index is 1.94. The number of carbonyl (C=O) groups is 2. The molecule has 0 spiro atoms. The average molecular weight is 273 g/mol. The van der Waals surface area contributed by atoms with Gasteiger partial charge >= 0.3 is 5.97 Å². The minimum atomic E-state index is -1.07. The molecule has 7 nitrogen and oxygen atoms in total. The number of rotatable bonds is 3. The Labute approximate surface area is 113 Å². The number of hydrogen-bond acceptors (Lipinski definition) is 4. The van der Waals surface area contributed by atoms with Crippen LogP contribution >= 0.6 is 0 Å². The Morgan fingerprint density at radius 3 is 2.90 bits per heavy atom. The van der Waals surface area contributed by atoms with Gasteiger partial charge in [0.1, 0.15) is 5.69 Å². The maximum atomic E-state index is 11.6. The third-order valence-corrected chi connectivity index (χ3v) is 2.95. The van der Waals surface area contributed by atoms with Crippen LogP contribution in [-0.2, 0) is 9.63 Å². The molecule has 0 unspecified atom stereocenters. The van der Waals surface area contributed by atoms with E-state index >= 15 is 0 Å². The number of hydrogen-bond donors (Lipinski definition) is 2. The zero-order chi connectivity index (χ0) is 14.1. The van der Waals surface area contributed by atoms with Crippen molar-refractivity contribution < 1.29 is 19.5 Å². The fraction of sp³-hybridized carbons (Fsp3) is 0.154. The number of aromatic nitrogens is 2. The molecule has 3 rings (SSSR count). The van der Waals surface area contributed by atoms with Gasteiger partial charge in [-0.3, -0.25) is 14.7 Å². The predicted molar refractivity (Wildman–Crippen MR) is 69.0 cm³/mol. The van der Waals surface area contributed by atoms with Gasteiger partial charge in [-0.2, -0.15) is 10.2 Å². The number of hydroxylamine groups is 1. The van der Waals surface area contributed by atoms with Crippen molar-refractivity contribution in [3.63, 3.8) is 0 Å². The van der Waals surface area contributed by atoms with Crippen LogP contribution in [0.15, 0.2) is 30.3 Å². The number of aromatic amines is 1. The van der Waals surface area contributed by atoms with E-state index in [4.69, 9.17) is 9.94 Å². The van der Waals surface area contributed by atoms with Gasteiger partial charge in [-0.05, 0) is 18.2 Å². The number of carbonyl (C=O) groups excluding carboxylic acids is 1. The Morgan fingerprint density at radius 2 is 2.25 bits per heavy atom. The molecule has 1 aromatic carbocycles. The first kappa shape index (κ1) is 12.4. The molecule has 0 atom stereocenters. The number of carboxylic acids is 1. The second kappa shape index (κ2) is 4.78. The number of anilines is 1. The maximum absolute atomic E-state index is 11.6. The van der Waals surface area contributed by atoms with Crippen LogP contribution in [0.1, 0.15) is 16.9 Å². The summed E-state index contributed by atoms with van der Waals surface area (Å²) in [7, 11) is 0. The lowest BCUT2D eigenvalue weighted by Gasteiger charge is -2.14. The molecule has 1 saturated heterocycles. The summed E-state index contributed by atoms with van der Waals surface area (Å²) in [6.07, 6.45) is 0.357. The Morgan fingerprint density at radius 1 is 1.40 bits per heavy atom. The van der Waals surface area contributed by atoms with Gasteiger partial charge in [-0.15, -0.1) is 0 Å². The topological polar surface area (TPSA) is 95.5 Å². The van der Waals surface area contributed by atoms with E-state index < -0.39 is 5.97 Å². The third kappa shape index (κ3) is 2.14. The van der Waals surface area contributed by atoms with Crippen LogP contribution in [-0.4, -0.2) is 33.8 Å². The summed E-state index contributed by atoms with van der Waals surface area (Å²) in [5.41, 5.74) is 1.81. The molecule has 1 amide bonds. The standard InChI is InChI=1S/C13H11N3O4/c17-12-4-5-20-16(12)9-3-1-2-8(6-9)10-7-11(13(18)19)15-14-10/h1-3,6-7H,4-5H2,(H,14,15)(H,18,19). The molecule has 0 saturated carbocycles. The summed E-state index contributed by atoms with van der Waals surface area (Å²) in [6, 6.07) is 8.46. The smallest absolute Gasteiger partial charge is 0.353 e. The highest BCUT2D eigenvalue weighted by Gasteiger charge is 2.23. The second-order valence-electron chi connectivity index (χ2n) is 4.29. The highest BCUT2D eigenvalue weighted by molar-refractivity contribution is 5.93. The molecule has 0 aliphatic carbocycles. The van der Waals surface area contributed by atoms with Gasteiger partial charge in [0.2, 0.25) is 0 Å². The normalized spacial score (nSPS) is 14.8. The number of nitrogens with zero attached hydrogens (tertiary/aromatic N) is 2. The van der Waals surface area contributed by atoms with Crippen molar-refractivity contribution in [2.24, 2.45) is 0 Å². The van der Waals surface area contributed by atoms with Crippen molar-refractivity contribution in [2.75, 3.05) is 11.7 Å². The highest BCUT2D eigenvalue weighted by Crippen LogP contribution is 2.26. The predicted octanol–water partition coefficient (Wildman–Crippen LogP) is 1.44. The maximum Gasteiger partial charge on any atom is 0.353 e. The molecule has 0 radical (unpaired) electrons. The van der Waals surface area contributed by atoms with Crippen LogP contribution in [0.4, 0.5) is 5.69 Å². The van der Waals surface area contributed by atoms with Gasteiger partial charge in [0, 0.05) is 5.56 Å². The SMILES string of the molecule is O=C(O)c1cc(-c2cccc(N3OCCC3=O)c2)n[nH]1. The average Bonchev–Trinajstić information content (AvgIpc) is 3.07.